The number of nitrogens with zero attached hydrogens (tertiary/aromatic N) is 2. The molecule has 1 N–H and O–H groups in total. The molecule has 0 bridgehead atoms. The van der Waals surface area contributed by atoms with Gasteiger partial charge in [0.1, 0.15) is 0 Å². The number of hydrogen-bond donors (Lipinski definition) is 1. The summed E-state index contributed by atoms with van der Waals surface area (Å²) in [4.78, 5) is 4.40. The molecular weight excluding hydrogens is 198 g/mol. The Hall–Kier alpha value is -0.830. The van der Waals surface area contributed by atoms with E-state index >= 15 is 0 Å². The van der Waals surface area contributed by atoms with E-state index in [-0.39, 0.29) is 0 Å². The number of nitrogens with one attached hydrogen (secondary N) is 1. The Kier molecular flexibility index (Phi) is 3.33. The van der Waals surface area contributed by atoms with Crippen LogP contribution in [0.1, 0.15) is 44.1 Å². The summed E-state index contributed by atoms with van der Waals surface area (Å²) < 4.78 is 2.33. The largest absolute Gasteiger partial charge is 0.330 e. The first-order chi connectivity index (χ1) is 7.59. The fourth-order valence-electron chi connectivity index (χ4n) is 2.08. The minimum Gasteiger partial charge on any atom is -0.330 e. The molecule has 1 aliphatic rings. The molecule has 0 saturated heterocycles. The normalized spacial score (nSPS) is 18.1. The summed E-state index contributed by atoms with van der Waals surface area (Å²) in [5.41, 5.74) is 2.45. The van der Waals surface area contributed by atoms with Crippen LogP contribution in [0.2, 0.25) is 0 Å². The predicted octanol–water partition coefficient (Wildman–Crippen LogP) is 2.45. The van der Waals surface area contributed by atoms with E-state index in [0.717, 1.165) is 18.3 Å². The molecule has 3 heteroatoms. The second kappa shape index (κ2) is 4.58. The van der Waals surface area contributed by atoms with Gasteiger partial charge in [-0.2, -0.15) is 0 Å². The molecule has 1 fully saturated rings. The van der Waals surface area contributed by atoms with Crippen LogP contribution in [0, 0.1) is 19.8 Å². The number of rotatable bonds is 5. The smallest absolute Gasteiger partial charge is 0.0954 e. The zero-order valence-corrected chi connectivity index (χ0v) is 10.8. The van der Waals surface area contributed by atoms with Crippen molar-refractivity contribution in [2.24, 2.45) is 5.92 Å². The molecule has 0 amide bonds. The van der Waals surface area contributed by atoms with Crippen LogP contribution in [0.5, 0.6) is 0 Å². The quantitative estimate of drug-likeness (QED) is 0.827. The Morgan fingerprint density at radius 3 is 2.56 bits per heavy atom. The lowest BCUT2D eigenvalue weighted by Gasteiger charge is -2.24. The molecule has 1 aromatic rings. The lowest BCUT2D eigenvalue weighted by Crippen LogP contribution is -2.30. The molecule has 1 unspecified atom stereocenters. The number of imidazole rings is 1. The van der Waals surface area contributed by atoms with Crippen LogP contribution in [0.3, 0.4) is 0 Å². The van der Waals surface area contributed by atoms with Gasteiger partial charge < -0.3 is 9.88 Å². The molecule has 1 saturated carbocycles. The Balaban J connectivity index is 2.07. The maximum atomic E-state index is 4.40. The van der Waals surface area contributed by atoms with Gasteiger partial charge in [0.25, 0.3) is 0 Å². The summed E-state index contributed by atoms with van der Waals surface area (Å²) >= 11 is 0. The molecule has 1 atom stereocenters. The lowest BCUT2D eigenvalue weighted by atomic mass is 10.0. The Bertz CT molecular complexity index is 350. The number of aryl methyl sites for hydroxylation is 1. The molecule has 2 rings (SSSR count). The summed E-state index contributed by atoms with van der Waals surface area (Å²) in [7, 11) is 0. The van der Waals surface area contributed by atoms with Crippen LogP contribution in [-0.2, 0) is 0 Å². The second-order valence-electron chi connectivity index (χ2n) is 5.32. The predicted molar refractivity (Wildman–Crippen MR) is 66.6 cm³/mol. The standard InChI is InChI=1S/C13H23N3/c1-9(2)13(7-14-12-5-6-12)16-8-15-10(3)11(16)4/h8-9,12-14H,5-7H2,1-4H3. The number of aromatic nitrogens is 2. The van der Waals surface area contributed by atoms with Crippen LogP contribution >= 0.6 is 0 Å². The van der Waals surface area contributed by atoms with Crippen molar-refractivity contribution in [1.29, 1.82) is 0 Å². The van der Waals surface area contributed by atoms with Crippen LogP contribution in [-0.4, -0.2) is 22.1 Å². The maximum absolute atomic E-state index is 4.40. The number of hydrogen-bond acceptors (Lipinski definition) is 2. The zero-order valence-electron chi connectivity index (χ0n) is 10.8. The van der Waals surface area contributed by atoms with E-state index in [9.17, 15) is 0 Å². The zero-order chi connectivity index (χ0) is 11.7. The van der Waals surface area contributed by atoms with E-state index in [0.29, 0.717) is 12.0 Å². The van der Waals surface area contributed by atoms with Crippen LogP contribution in [0.25, 0.3) is 0 Å². The first kappa shape index (κ1) is 11.6. The summed E-state index contributed by atoms with van der Waals surface area (Å²) in [5, 5.41) is 3.62. The molecule has 0 spiro atoms. The van der Waals surface area contributed by atoms with Gasteiger partial charge in [0, 0.05) is 24.3 Å². The van der Waals surface area contributed by atoms with Crippen molar-refractivity contribution >= 4 is 0 Å². The Morgan fingerprint density at radius 1 is 1.44 bits per heavy atom. The van der Waals surface area contributed by atoms with Crippen molar-refractivity contribution in [2.75, 3.05) is 6.54 Å². The average molecular weight is 221 g/mol. The summed E-state index contributed by atoms with van der Waals surface area (Å²) in [6.07, 6.45) is 4.70. The molecule has 16 heavy (non-hydrogen) atoms. The first-order valence-electron chi connectivity index (χ1n) is 6.33. The molecule has 3 nitrogen and oxygen atoms in total. The summed E-state index contributed by atoms with van der Waals surface area (Å²) in [6.45, 7) is 9.88. The molecule has 0 aliphatic heterocycles. The third-order valence-corrected chi connectivity index (χ3v) is 3.61. The van der Waals surface area contributed by atoms with E-state index in [1.165, 1.54) is 18.5 Å². The molecular formula is C13H23N3. The SMILES string of the molecule is Cc1ncn(C(CNC2CC2)C(C)C)c1C. The Morgan fingerprint density at radius 2 is 2.12 bits per heavy atom. The second-order valence-corrected chi connectivity index (χ2v) is 5.32. The van der Waals surface area contributed by atoms with E-state index in [2.05, 4.69) is 42.6 Å². The first-order valence-corrected chi connectivity index (χ1v) is 6.33. The van der Waals surface area contributed by atoms with Gasteiger partial charge in [-0.05, 0) is 32.6 Å². The third-order valence-electron chi connectivity index (χ3n) is 3.61. The van der Waals surface area contributed by atoms with Crippen molar-refractivity contribution in [1.82, 2.24) is 14.9 Å². The fraction of sp³-hybridized carbons (Fsp3) is 0.769. The molecule has 1 aliphatic carbocycles. The van der Waals surface area contributed by atoms with Crippen molar-refractivity contribution in [3.8, 4) is 0 Å². The van der Waals surface area contributed by atoms with Gasteiger partial charge in [-0.3, -0.25) is 0 Å². The maximum Gasteiger partial charge on any atom is 0.0954 e. The van der Waals surface area contributed by atoms with Crippen LogP contribution in [0.4, 0.5) is 0 Å². The third kappa shape index (κ3) is 2.46. The molecule has 90 valence electrons. The van der Waals surface area contributed by atoms with E-state index in [1.807, 2.05) is 6.33 Å². The summed E-state index contributed by atoms with van der Waals surface area (Å²) in [6, 6.07) is 1.31. The van der Waals surface area contributed by atoms with Crippen LogP contribution in [0.15, 0.2) is 6.33 Å². The highest BCUT2D eigenvalue weighted by Gasteiger charge is 2.24. The average Bonchev–Trinajstić information content (AvgIpc) is 2.99. The highest BCUT2D eigenvalue weighted by Crippen LogP contribution is 2.23. The van der Waals surface area contributed by atoms with E-state index in [1.54, 1.807) is 0 Å². The van der Waals surface area contributed by atoms with E-state index in [4.69, 9.17) is 0 Å². The van der Waals surface area contributed by atoms with Gasteiger partial charge in [0.15, 0.2) is 0 Å². The van der Waals surface area contributed by atoms with Gasteiger partial charge in [0.2, 0.25) is 0 Å². The molecule has 1 aromatic heterocycles. The molecule has 1 heterocycles. The van der Waals surface area contributed by atoms with Crippen molar-refractivity contribution < 1.29 is 0 Å². The minimum absolute atomic E-state index is 0.529. The monoisotopic (exact) mass is 221 g/mol. The van der Waals surface area contributed by atoms with Gasteiger partial charge in [-0.1, -0.05) is 13.8 Å². The van der Waals surface area contributed by atoms with Gasteiger partial charge >= 0.3 is 0 Å². The van der Waals surface area contributed by atoms with Crippen molar-refractivity contribution in [2.45, 2.75) is 52.6 Å². The van der Waals surface area contributed by atoms with Gasteiger partial charge in [-0.15, -0.1) is 0 Å². The minimum atomic E-state index is 0.529. The molecule has 0 aromatic carbocycles. The highest BCUT2D eigenvalue weighted by molar-refractivity contribution is 5.10. The molecule has 0 radical (unpaired) electrons. The topological polar surface area (TPSA) is 29.9 Å². The van der Waals surface area contributed by atoms with Crippen molar-refractivity contribution in [3.63, 3.8) is 0 Å². The summed E-state index contributed by atoms with van der Waals surface area (Å²) in [5.74, 6) is 0.638. The fourth-order valence-corrected chi connectivity index (χ4v) is 2.08. The highest BCUT2D eigenvalue weighted by atomic mass is 15.1. The van der Waals surface area contributed by atoms with Gasteiger partial charge in [-0.25, -0.2) is 4.98 Å². The van der Waals surface area contributed by atoms with Crippen LogP contribution < -0.4 is 5.32 Å². The van der Waals surface area contributed by atoms with E-state index < -0.39 is 0 Å². The Labute approximate surface area is 98.3 Å². The van der Waals surface area contributed by atoms with Crippen molar-refractivity contribution in [3.05, 3.63) is 17.7 Å². The lowest BCUT2D eigenvalue weighted by molar-refractivity contribution is 0.350. The van der Waals surface area contributed by atoms with Gasteiger partial charge in [0.05, 0.1) is 12.0 Å².